The van der Waals surface area contributed by atoms with Crippen molar-refractivity contribution < 1.29 is 23.8 Å². The average molecular weight is 516 g/mol. The van der Waals surface area contributed by atoms with E-state index in [0.29, 0.717) is 35.0 Å². The summed E-state index contributed by atoms with van der Waals surface area (Å²) in [6.07, 6.45) is 0. The second-order valence-electron chi connectivity index (χ2n) is 11.2. The highest BCUT2D eigenvalue weighted by molar-refractivity contribution is 6.46. The highest BCUT2D eigenvalue weighted by Crippen LogP contribution is 2.41. The van der Waals surface area contributed by atoms with Gasteiger partial charge in [0, 0.05) is 12.1 Å². The van der Waals surface area contributed by atoms with Crippen molar-refractivity contribution in [3.05, 3.63) is 106 Å². The molecule has 0 bridgehead atoms. The third kappa shape index (κ3) is 5.80. The second-order valence-corrected chi connectivity index (χ2v) is 11.2. The van der Waals surface area contributed by atoms with E-state index in [1.807, 2.05) is 24.3 Å². The quantitative estimate of drug-likeness (QED) is 0.214. The van der Waals surface area contributed by atoms with Crippen LogP contribution in [0.1, 0.15) is 62.9 Å². The molecule has 0 aromatic heterocycles. The van der Waals surface area contributed by atoms with Gasteiger partial charge in [0.05, 0.1) is 18.2 Å². The number of amides is 1. The van der Waals surface area contributed by atoms with Gasteiger partial charge in [-0.1, -0.05) is 71.0 Å². The van der Waals surface area contributed by atoms with Crippen LogP contribution in [0.4, 0.5) is 4.39 Å². The molecule has 1 unspecified atom stereocenters. The first-order valence-corrected chi connectivity index (χ1v) is 12.8. The lowest BCUT2D eigenvalue weighted by molar-refractivity contribution is -0.140. The number of ketones is 1. The number of benzene rings is 3. The van der Waals surface area contributed by atoms with Crippen molar-refractivity contribution in [3.8, 4) is 5.75 Å². The molecule has 1 aliphatic heterocycles. The lowest BCUT2D eigenvalue weighted by atomic mass is 9.85. The Morgan fingerprint density at radius 3 is 2.11 bits per heavy atom. The minimum absolute atomic E-state index is 0.0245. The third-order valence-electron chi connectivity index (χ3n) is 6.61. The number of ether oxygens (including phenoxy) is 1. The fraction of sp³-hybridized carbons (Fsp3) is 0.312. The Labute approximate surface area is 223 Å². The molecule has 6 heteroatoms. The van der Waals surface area contributed by atoms with Crippen molar-refractivity contribution >= 4 is 17.4 Å². The number of nitrogens with zero attached hydrogens (tertiary/aromatic N) is 1. The number of aliphatic hydroxyl groups excluding tert-OH is 1. The fourth-order valence-electron chi connectivity index (χ4n) is 4.47. The Kier molecular flexibility index (Phi) is 7.72. The molecular weight excluding hydrogens is 481 g/mol. The number of hydrogen-bond acceptors (Lipinski definition) is 4. The topological polar surface area (TPSA) is 66.8 Å². The molecule has 38 heavy (non-hydrogen) atoms. The summed E-state index contributed by atoms with van der Waals surface area (Å²) in [5, 5.41) is 11.3. The summed E-state index contributed by atoms with van der Waals surface area (Å²) in [6, 6.07) is 19.6. The standard InChI is InChI=1S/C32H34FNO4/c1-20(2)19-38-26-16-10-23(11-17-26)29(35)27-28(22-8-12-24(13-9-22)32(3,4)5)34(31(37)30(27)36)18-21-6-14-25(33)15-7-21/h6-17,20,28,35H,18-19H2,1-5H3/b29-27-. The van der Waals surface area contributed by atoms with Crippen LogP contribution in [0.5, 0.6) is 5.75 Å². The van der Waals surface area contributed by atoms with Gasteiger partial charge in [-0.3, -0.25) is 9.59 Å². The number of hydrogen-bond donors (Lipinski definition) is 1. The maximum Gasteiger partial charge on any atom is 0.295 e. The minimum atomic E-state index is -0.800. The van der Waals surface area contributed by atoms with Gasteiger partial charge in [-0.2, -0.15) is 0 Å². The van der Waals surface area contributed by atoms with Gasteiger partial charge in [0.2, 0.25) is 0 Å². The molecule has 1 N–H and O–H groups in total. The molecule has 5 nitrogen and oxygen atoms in total. The Hall–Kier alpha value is -3.93. The summed E-state index contributed by atoms with van der Waals surface area (Å²) in [4.78, 5) is 28.0. The van der Waals surface area contributed by atoms with E-state index in [-0.39, 0.29) is 29.1 Å². The molecule has 0 saturated carbocycles. The first kappa shape index (κ1) is 27.1. The highest BCUT2D eigenvalue weighted by Gasteiger charge is 2.46. The number of Topliss-reactive ketones (excluding diaryl/α,β-unsaturated/α-hetero) is 1. The average Bonchev–Trinajstić information content (AvgIpc) is 3.13. The predicted molar refractivity (Wildman–Crippen MR) is 146 cm³/mol. The molecule has 198 valence electrons. The summed E-state index contributed by atoms with van der Waals surface area (Å²) in [5.74, 6) is -1.07. The Bertz CT molecular complexity index is 1330. The summed E-state index contributed by atoms with van der Waals surface area (Å²) < 4.78 is 19.2. The van der Waals surface area contributed by atoms with E-state index in [1.165, 1.54) is 17.0 Å². The van der Waals surface area contributed by atoms with Crippen molar-refractivity contribution in [1.29, 1.82) is 0 Å². The van der Waals surface area contributed by atoms with Crippen LogP contribution in [0.2, 0.25) is 0 Å². The van der Waals surface area contributed by atoms with Crippen LogP contribution in [0.25, 0.3) is 5.76 Å². The molecule has 1 heterocycles. The normalized spacial score (nSPS) is 17.3. The van der Waals surface area contributed by atoms with Crippen LogP contribution in [-0.4, -0.2) is 28.3 Å². The molecule has 0 radical (unpaired) electrons. The van der Waals surface area contributed by atoms with E-state index >= 15 is 0 Å². The summed E-state index contributed by atoms with van der Waals surface area (Å²) in [5.41, 5.74) is 2.85. The fourth-order valence-corrected chi connectivity index (χ4v) is 4.47. The van der Waals surface area contributed by atoms with Crippen LogP contribution >= 0.6 is 0 Å². The molecule has 1 fully saturated rings. The summed E-state index contributed by atoms with van der Waals surface area (Å²) in [6.45, 7) is 11.1. The first-order valence-electron chi connectivity index (χ1n) is 12.8. The van der Waals surface area contributed by atoms with Crippen molar-refractivity contribution in [1.82, 2.24) is 4.90 Å². The minimum Gasteiger partial charge on any atom is -0.507 e. The van der Waals surface area contributed by atoms with Gasteiger partial charge in [-0.25, -0.2) is 4.39 Å². The Morgan fingerprint density at radius 2 is 1.55 bits per heavy atom. The number of rotatable bonds is 7. The molecular formula is C32H34FNO4. The molecule has 4 rings (SSSR count). The van der Waals surface area contributed by atoms with Gasteiger partial charge in [0.25, 0.3) is 11.7 Å². The van der Waals surface area contributed by atoms with Crippen LogP contribution in [0, 0.1) is 11.7 Å². The zero-order chi connectivity index (χ0) is 27.6. The van der Waals surface area contributed by atoms with Gasteiger partial charge in [0.1, 0.15) is 17.3 Å². The Balaban J connectivity index is 1.77. The van der Waals surface area contributed by atoms with E-state index in [0.717, 1.165) is 5.56 Å². The lowest BCUT2D eigenvalue weighted by Crippen LogP contribution is -2.29. The molecule has 1 atom stereocenters. The van der Waals surface area contributed by atoms with Gasteiger partial charge in [0.15, 0.2) is 0 Å². The van der Waals surface area contributed by atoms with E-state index in [4.69, 9.17) is 4.74 Å². The molecule has 1 saturated heterocycles. The molecule has 3 aromatic rings. The van der Waals surface area contributed by atoms with Crippen LogP contribution in [-0.2, 0) is 21.5 Å². The van der Waals surface area contributed by atoms with E-state index in [1.54, 1.807) is 36.4 Å². The van der Waals surface area contributed by atoms with Gasteiger partial charge in [-0.05, 0) is 64.4 Å². The van der Waals surface area contributed by atoms with Crippen LogP contribution in [0.15, 0.2) is 78.4 Å². The Morgan fingerprint density at radius 1 is 0.947 bits per heavy atom. The van der Waals surface area contributed by atoms with Crippen molar-refractivity contribution in [2.24, 2.45) is 5.92 Å². The van der Waals surface area contributed by atoms with Crippen molar-refractivity contribution in [2.45, 2.75) is 52.6 Å². The van der Waals surface area contributed by atoms with E-state index in [2.05, 4.69) is 34.6 Å². The number of halogens is 1. The maximum absolute atomic E-state index is 13.5. The largest absolute Gasteiger partial charge is 0.507 e. The molecule has 1 amide bonds. The highest BCUT2D eigenvalue weighted by atomic mass is 19.1. The predicted octanol–water partition coefficient (Wildman–Crippen LogP) is 6.78. The first-order chi connectivity index (χ1) is 18.0. The van der Waals surface area contributed by atoms with E-state index in [9.17, 15) is 19.1 Å². The van der Waals surface area contributed by atoms with Crippen molar-refractivity contribution in [2.75, 3.05) is 6.61 Å². The maximum atomic E-state index is 13.5. The summed E-state index contributed by atoms with van der Waals surface area (Å²) in [7, 11) is 0. The van der Waals surface area contributed by atoms with Crippen LogP contribution < -0.4 is 4.74 Å². The smallest absolute Gasteiger partial charge is 0.295 e. The zero-order valence-electron chi connectivity index (χ0n) is 22.5. The number of carbonyl (C=O) groups excluding carboxylic acids is 2. The van der Waals surface area contributed by atoms with Gasteiger partial charge < -0.3 is 14.7 Å². The second kappa shape index (κ2) is 10.8. The third-order valence-corrected chi connectivity index (χ3v) is 6.61. The van der Waals surface area contributed by atoms with E-state index < -0.39 is 17.7 Å². The van der Waals surface area contributed by atoms with Gasteiger partial charge in [-0.15, -0.1) is 0 Å². The molecule has 0 aliphatic carbocycles. The zero-order valence-corrected chi connectivity index (χ0v) is 22.5. The van der Waals surface area contributed by atoms with Crippen molar-refractivity contribution in [3.63, 3.8) is 0 Å². The summed E-state index contributed by atoms with van der Waals surface area (Å²) >= 11 is 0. The monoisotopic (exact) mass is 515 g/mol. The molecule has 3 aromatic carbocycles. The van der Waals surface area contributed by atoms with Crippen LogP contribution in [0.3, 0.4) is 0 Å². The molecule has 1 aliphatic rings. The number of carbonyl (C=O) groups is 2. The SMILES string of the molecule is CC(C)COc1ccc(/C(O)=C2/C(=O)C(=O)N(Cc3ccc(F)cc3)C2c2ccc(C(C)(C)C)cc2)cc1. The molecule has 0 spiro atoms. The number of likely N-dealkylation sites (tertiary alicyclic amines) is 1. The number of aliphatic hydroxyl groups is 1. The van der Waals surface area contributed by atoms with Gasteiger partial charge >= 0.3 is 0 Å². The lowest BCUT2D eigenvalue weighted by Gasteiger charge is -2.26.